The Morgan fingerprint density at radius 2 is 1.88 bits per heavy atom. The molecule has 4 rings (SSSR count). The molecule has 180 valence electrons. The smallest absolute Gasteiger partial charge is 0.350 e. The highest BCUT2D eigenvalue weighted by atomic mass is 35.5. The second kappa shape index (κ2) is 9.19. The maximum absolute atomic E-state index is 15.3. The molecule has 0 saturated carbocycles. The highest BCUT2D eigenvalue weighted by molar-refractivity contribution is 6.34. The van der Waals surface area contributed by atoms with Gasteiger partial charge in [0.05, 0.1) is 22.9 Å². The van der Waals surface area contributed by atoms with Crippen LogP contribution >= 0.6 is 11.6 Å². The fourth-order valence-corrected chi connectivity index (χ4v) is 4.41. The molecular formula is C23H24ClF2N5O3. The number of benzene rings is 2. The Morgan fingerprint density at radius 3 is 2.47 bits per heavy atom. The molecule has 34 heavy (non-hydrogen) atoms. The second-order valence-corrected chi connectivity index (χ2v) is 8.80. The minimum absolute atomic E-state index is 0.0119. The van der Waals surface area contributed by atoms with Gasteiger partial charge in [0, 0.05) is 13.1 Å². The van der Waals surface area contributed by atoms with Crippen molar-refractivity contribution in [1.29, 1.82) is 0 Å². The third-order valence-electron chi connectivity index (χ3n) is 5.61. The van der Waals surface area contributed by atoms with Gasteiger partial charge in [0.2, 0.25) is 0 Å². The maximum Gasteiger partial charge on any atom is 0.350 e. The van der Waals surface area contributed by atoms with Crippen molar-refractivity contribution in [3.05, 3.63) is 68.9 Å². The number of hydrogen-bond acceptors (Lipinski definition) is 5. The van der Waals surface area contributed by atoms with Gasteiger partial charge in [-0.3, -0.25) is 14.3 Å². The molecule has 0 radical (unpaired) electrons. The molecule has 0 saturated heterocycles. The number of rotatable bonds is 6. The summed E-state index contributed by atoms with van der Waals surface area (Å²) in [6.07, 6.45) is 0. The van der Waals surface area contributed by atoms with Crippen LogP contribution in [-0.2, 0) is 13.2 Å². The Bertz CT molecular complexity index is 1300. The van der Waals surface area contributed by atoms with Crippen molar-refractivity contribution in [2.24, 2.45) is 5.92 Å². The molecule has 2 aromatic carbocycles. The number of fused-ring (bicyclic) bond motifs is 1. The van der Waals surface area contributed by atoms with E-state index in [1.54, 1.807) is 6.92 Å². The first-order chi connectivity index (χ1) is 16.2. The van der Waals surface area contributed by atoms with Crippen molar-refractivity contribution in [2.45, 2.75) is 33.9 Å². The van der Waals surface area contributed by atoms with E-state index in [1.807, 2.05) is 18.7 Å². The minimum atomic E-state index is -0.856. The molecule has 11 heteroatoms. The number of hydrogen-bond donors (Lipinski definition) is 1. The number of aromatic nitrogens is 3. The Labute approximate surface area is 199 Å². The molecule has 1 aliphatic rings. The van der Waals surface area contributed by atoms with Gasteiger partial charge in [-0.15, -0.1) is 5.10 Å². The Kier molecular flexibility index (Phi) is 6.46. The average Bonchev–Trinajstić information content (AvgIpc) is 3.11. The summed E-state index contributed by atoms with van der Waals surface area (Å²) >= 11 is 6.21. The maximum atomic E-state index is 15.3. The van der Waals surface area contributed by atoms with Crippen LogP contribution in [0, 0.1) is 17.6 Å². The minimum Gasteiger partial charge on any atom is -0.388 e. The highest BCUT2D eigenvalue weighted by Gasteiger charge is 2.34. The molecule has 0 unspecified atom stereocenters. The quantitative estimate of drug-likeness (QED) is 0.570. The first-order valence-corrected chi connectivity index (χ1v) is 11.2. The van der Waals surface area contributed by atoms with Gasteiger partial charge in [0.1, 0.15) is 29.6 Å². The van der Waals surface area contributed by atoms with Gasteiger partial charge >= 0.3 is 5.69 Å². The largest absolute Gasteiger partial charge is 0.388 e. The van der Waals surface area contributed by atoms with Crippen LogP contribution in [0.5, 0.6) is 0 Å². The lowest BCUT2D eigenvalue weighted by Crippen LogP contribution is -2.48. The lowest BCUT2D eigenvalue weighted by atomic mass is 10.0. The van der Waals surface area contributed by atoms with E-state index in [0.29, 0.717) is 12.2 Å². The first-order valence-electron chi connectivity index (χ1n) is 10.8. The van der Waals surface area contributed by atoms with Crippen LogP contribution < -0.4 is 15.5 Å². The summed E-state index contributed by atoms with van der Waals surface area (Å²) in [5, 5.41) is 13.7. The lowest BCUT2D eigenvalue weighted by molar-refractivity contribution is 0.0980. The van der Waals surface area contributed by atoms with Gasteiger partial charge in [0.15, 0.2) is 5.82 Å². The highest BCUT2D eigenvalue weighted by Crippen LogP contribution is 2.37. The molecule has 3 aromatic rings. The van der Waals surface area contributed by atoms with Gasteiger partial charge in [-0.1, -0.05) is 31.5 Å². The van der Waals surface area contributed by atoms with E-state index in [4.69, 9.17) is 11.6 Å². The monoisotopic (exact) mass is 491 g/mol. The van der Waals surface area contributed by atoms with Crippen LogP contribution in [0.25, 0.3) is 5.69 Å². The summed E-state index contributed by atoms with van der Waals surface area (Å²) in [6.45, 7) is 5.87. The third-order valence-corrected chi connectivity index (χ3v) is 5.92. The molecule has 0 atom stereocenters. The molecule has 0 fully saturated rings. The van der Waals surface area contributed by atoms with Gasteiger partial charge in [-0.25, -0.2) is 13.6 Å². The molecule has 1 aromatic heterocycles. The SMILES string of the molecule is CCn1c(CO)nn(-c2cc3c(cc2F)C(=O)N(c2c(F)cccc2Cl)CN3CC(C)C)c1=O. The molecule has 1 N–H and O–H groups in total. The van der Waals surface area contributed by atoms with Crippen LogP contribution in [0.3, 0.4) is 0 Å². The van der Waals surface area contributed by atoms with Crippen LogP contribution in [0.4, 0.5) is 20.2 Å². The molecule has 0 bridgehead atoms. The fourth-order valence-electron chi connectivity index (χ4n) is 4.15. The number of aliphatic hydroxyl groups excluding tert-OH is 1. The molecule has 2 heterocycles. The molecule has 1 amide bonds. The van der Waals surface area contributed by atoms with Crippen molar-refractivity contribution in [2.75, 3.05) is 23.0 Å². The second-order valence-electron chi connectivity index (χ2n) is 8.39. The number of anilines is 2. The Balaban J connectivity index is 1.89. The zero-order valence-corrected chi connectivity index (χ0v) is 19.7. The fraction of sp³-hybridized carbons (Fsp3) is 0.348. The predicted molar refractivity (Wildman–Crippen MR) is 125 cm³/mol. The Morgan fingerprint density at radius 1 is 1.15 bits per heavy atom. The van der Waals surface area contributed by atoms with Crippen molar-refractivity contribution in [3.8, 4) is 5.69 Å². The number of carbonyl (C=O) groups excluding carboxylic acids is 1. The number of carbonyl (C=O) groups is 1. The predicted octanol–water partition coefficient (Wildman–Crippen LogP) is 3.56. The summed E-state index contributed by atoms with van der Waals surface area (Å²) in [5.74, 6) is -1.89. The van der Waals surface area contributed by atoms with Crippen LogP contribution in [0.1, 0.15) is 37.0 Å². The van der Waals surface area contributed by atoms with E-state index in [-0.39, 0.29) is 46.9 Å². The van der Waals surface area contributed by atoms with E-state index < -0.39 is 29.8 Å². The lowest BCUT2D eigenvalue weighted by Gasteiger charge is -2.39. The molecule has 0 spiro atoms. The molecule has 8 nitrogen and oxygen atoms in total. The number of para-hydroxylation sites is 1. The average molecular weight is 492 g/mol. The molecule has 1 aliphatic heterocycles. The number of halogens is 3. The van der Waals surface area contributed by atoms with E-state index in [9.17, 15) is 19.1 Å². The van der Waals surface area contributed by atoms with Crippen LogP contribution in [0.15, 0.2) is 35.1 Å². The number of nitrogens with zero attached hydrogens (tertiary/aromatic N) is 5. The summed E-state index contributed by atoms with van der Waals surface area (Å²) in [4.78, 5) is 29.1. The van der Waals surface area contributed by atoms with Crippen LogP contribution in [-0.4, -0.2) is 38.6 Å². The topological polar surface area (TPSA) is 83.6 Å². The van der Waals surface area contributed by atoms with Crippen molar-refractivity contribution in [3.63, 3.8) is 0 Å². The van der Waals surface area contributed by atoms with Crippen LogP contribution in [0.2, 0.25) is 5.02 Å². The van der Waals surface area contributed by atoms with Gasteiger partial charge in [-0.2, -0.15) is 4.68 Å². The van der Waals surface area contributed by atoms with E-state index in [2.05, 4.69) is 5.10 Å². The molecular weight excluding hydrogens is 468 g/mol. The standard InChI is InChI=1S/C23H24ClF2N5O3/c1-4-29-20(11-32)27-31(23(29)34)19-9-18-14(8-17(19)26)22(33)30(12-28(18)10-13(2)3)21-15(24)6-5-7-16(21)25/h5-9,13,32H,4,10-12H2,1-3H3. The Hall–Kier alpha value is -3.24. The van der Waals surface area contributed by atoms with E-state index in [0.717, 1.165) is 10.7 Å². The zero-order chi connectivity index (χ0) is 24.7. The first kappa shape index (κ1) is 23.9. The van der Waals surface area contributed by atoms with Crippen molar-refractivity contribution >= 4 is 28.9 Å². The van der Waals surface area contributed by atoms with Gasteiger partial charge in [0.25, 0.3) is 5.91 Å². The summed E-state index contributed by atoms with van der Waals surface area (Å²) in [5.41, 5.74) is -0.434. The summed E-state index contributed by atoms with van der Waals surface area (Å²) in [6, 6.07) is 6.54. The van der Waals surface area contributed by atoms with Gasteiger partial charge < -0.3 is 10.0 Å². The van der Waals surface area contributed by atoms with Gasteiger partial charge in [-0.05, 0) is 37.1 Å². The third kappa shape index (κ3) is 3.97. The normalized spacial score (nSPS) is 13.7. The number of aliphatic hydroxyl groups is 1. The summed E-state index contributed by atoms with van der Waals surface area (Å²) in [7, 11) is 0. The molecule has 0 aliphatic carbocycles. The van der Waals surface area contributed by atoms with E-state index in [1.165, 1.54) is 33.7 Å². The van der Waals surface area contributed by atoms with E-state index >= 15 is 4.39 Å². The summed E-state index contributed by atoms with van der Waals surface area (Å²) < 4.78 is 32.0. The zero-order valence-electron chi connectivity index (χ0n) is 18.9. The van der Waals surface area contributed by atoms with Crippen molar-refractivity contribution < 1.29 is 18.7 Å². The van der Waals surface area contributed by atoms with Crippen molar-refractivity contribution in [1.82, 2.24) is 14.3 Å². The number of amides is 1.